The van der Waals surface area contributed by atoms with Gasteiger partial charge in [0.1, 0.15) is 0 Å². The Balaban J connectivity index is 2.44. The van der Waals surface area contributed by atoms with Crippen LogP contribution in [0.5, 0.6) is 0 Å². The number of rotatable bonds is 8. The maximum Gasteiger partial charge on any atom is 0.253 e. The third kappa shape index (κ3) is 6.01. The van der Waals surface area contributed by atoms with Crippen LogP contribution < -0.4 is 16.0 Å². The number of carbonyl (C=O) groups is 2. The molecular formula is C14H20ClN3O3. The zero-order chi connectivity index (χ0) is 15.7. The summed E-state index contributed by atoms with van der Waals surface area (Å²) in [5, 5.41) is 8.78. The van der Waals surface area contributed by atoms with Crippen LogP contribution in [0.4, 0.5) is 5.69 Å². The van der Waals surface area contributed by atoms with E-state index >= 15 is 0 Å². The topological polar surface area (TPSA) is 79.5 Å². The lowest BCUT2D eigenvalue weighted by Crippen LogP contribution is -2.32. The third-order valence-corrected chi connectivity index (χ3v) is 3.00. The van der Waals surface area contributed by atoms with Crippen LogP contribution >= 0.6 is 11.6 Å². The van der Waals surface area contributed by atoms with Crippen molar-refractivity contribution in [2.24, 2.45) is 0 Å². The normalized spacial score (nSPS) is 10.0. The number of methoxy groups -OCH3 is 1. The summed E-state index contributed by atoms with van der Waals surface area (Å²) in [5.74, 6) is -0.404. The van der Waals surface area contributed by atoms with Crippen LogP contribution in [0.15, 0.2) is 18.2 Å². The molecule has 7 heteroatoms. The molecule has 1 rings (SSSR count). The third-order valence-electron chi connectivity index (χ3n) is 2.76. The lowest BCUT2D eigenvalue weighted by Gasteiger charge is -2.10. The minimum absolute atomic E-state index is 0.132. The molecular weight excluding hydrogens is 294 g/mol. The Labute approximate surface area is 129 Å². The van der Waals surface area contributed by atoms with Gasteiger partial charge in [0.2, 0.25) is 5.91 Å². The SMILES string of the molecule is CNc1ccc(Cl)cc1C(=O)NCCC(=O)NCCOC. The van der Waals surface area contributed by atoms with Gasteiger partial charge in [0.05, 0.1) is 12.2 Å². The van der Waals surface area contributed by atoms with E-state index in [1.165, 1.54) is 0 Å². The number of ether oxygens (including phenoxy) is 1. The molecule has 0 saturated heterocycles. The fraction of sp³-hybridized carbons (Fsp3) is 0.429. The molecule has 0 heterocycles. The van der Waals surface area contributed by atoms with E-state index in [0.717, 1.165) is 0 Å². The number of halogens is 1. The number of anilines is 1. The second kappa shape index (κ2) is 9.20. The van der Waals surface area contributed by atoms with Crippen LogP contribution in [0, 0.1) is 0 Å². The molecule has 0 fully saturated rings. The number of nitrogens with one attached hydrogen (secondary N) is 3. The predicted octanol–water partition coefficient (Wildman–Crippen LogP) is 1.26. The van der Waals surface area contributed by atoms with Gasteiger partial charge >= 0.3 is 0 Å². The summed E-state index contributed by atoms with van der Waals surface area (Å²) in [6.07, 6.45) is 0.213. The quantitative estimate of drug-likeness (QED) is 0.631. The minimum Gasteiger partial charge on any atom is -0.387 e. The van der Waals surface area contributed by atoms with Crippen molar-refractivity contribution in [1.82, 2.24) is 10.6 Å². The van der Waals surface area contributed by atoms with E-state index in [1.807, 2.05) is 0 Å². The largest absolute Gasteiger partial charge is 0.387 e. The fourth-order valence-corrected chi connectivity index (χ4v) is 1.86. The maximum absolute atomic E-state index is 12.1. The monoisotopic (exact) mass is 313 g/mol. The van der Waals surface area contributed by atoms with Crippen molar-refractivity contribution in [2.45, 2.75) is 6.42 Å². The Bertz CT molecular complexity index is 494. The molecule has 0 spiro atoms. The Morgan fingerprint density at radius 2 is 2.00 bits per heavy atom. The number of amides is 2. The van der Waals surface area contributed by atoms with Gasteiger partial charge in [-0.1, -0.05) is 11.6 Å². The van der Waals surface area contributed by atoms with Gasteiger partial charge in [0, 0.05) is 44.4 Å². The molecule has 0 aliphatic carbocycles. The summed E-state index contributed by atoms with van der Waals surface area (Å²) in [6.45, 7) is 1.18. The van der Waals surface area contributed by atoms with Gasteiger partial charge in [-0.2, -0.15) is 0 Å². The van der Waals surface area contributed by atoms with Gasteiger partial charge in [-0.15, -0.1) is 0 Å². The van der Waals surface area contributed by atoms with Crippen LogP contribution in [0.3, 0.4) is 0 Å². The number of benzene rings is 1. The molecule has 0 aliphatic rings. The Morgan fingerprint density at radius 3 is 2.67 bits per heavy atom. The Hall–Kier alpha value is -1.79. The summed E-state index contributed by atoms with van der Waals surface area (Å²) in [7, 11) is 3.29. The van der Waals surface area contributed by atoms with Crippen LogP contribution in [-0.4, -0.2) is 45.7 Å². The van der Waals surface area contributed by atoms with Crippen molar-refractivity contribution in [3.8, 4) is 0 Å². The first kappa shape index (κ1) is 17.3. The van der Waals surface area contributed by atoms with Crippen molar-refractivity contribution >= 4 is 29.1 Å². The summed E-state index contributed by atoms with van der Waals surface area (Å²) >= 11 is 5.89. The van der Waals surface area contributed by atoms with Crippen molar-refractivity contribution < 1.29 is 14.3 Å². The molecule has 1 aromatic rings. The molecule has 2 amide bonds. The molecule has 0 atom stereocenters. The van der Waals surface area contributed by atoms with Gasteiger partial charge in [0.15, 0.2) is 0 Å². The first-order valence-electron chi connectivity index (χ1n) is 6.59. The van der Waals surface area contributed by atoms with E-state index in [9.17, 15) is 9.59 Å². The van der Waals surface area contributed by atoms with Crippen LogP contribution in [0.1, 0.15) is 16.8 Å². The van der Waals surface area contributed by atoms with E-state index in [2.05, 4.69) is 16.0 Å². The highest BCUT2D eigenvalue weighted by molar-refractivity contribution is 6.31. The predicted molar refractivity (Wildman–Crippen MR) is 82.8 cm³/mol. The molecule has 0 aliphatic heterocycles. The summed E-state index contributed by atoms with van der Waals surface area (Å²) < 4.78 is 4.83. The van der Waals surface area contributed by atoms with Crippen molar-refractivity contribution in [3.05, 3.63) is 28.8 Å². The van der Waals surface area contributed by atoms with E-state index in [-0.39, 0.29) is 24.8 Å². The van der Waals surface area contributed by atoms with Crippen molar-refractivity contribution in [3.63, 3.8) is 0 Å². The second-order valence-corrected chi connectivity index (χ2v) is 4.72. The highest BCUT2D eigenvalue weighted by Crippen LogP contribution is 2.20. The van der Waals surface area contributed by atoms with E-state index in [1.54, 1.807) is 32.4 Å². The van der Waals surface area contributed by atoms with Gasteiger partial charge in [-0.25, -0.2) is 0 Å². The Morgan fingerprint density at radius 1 is 1.24 bits per heavy atom. The van der Waals surface area contributed by atoms with E-state index < -0.39 is 0 Å². The average Bonchev–Trinajstić information content (AvgIpc) is 2.47. The van der Waals surface area contributed by atoms with Gasteiger partial charge in [0.25, 0.3) is 5.91 Å². The lowest BCUT2D eigenvalue weighted by atomic mass is 10.1. The molecule has 0 bridgehead atoms. The summed E-state index contributed by atoms with van der Waals surface area (Å²) in [5.41, 5.74) is 1.13. The van der Waals surface area contributed by atoms with Gasteiger partial charge in [-0.05, 0) is 18.2 Å². The number of hydrogen-bond acceptors (Lipinski definition) is 4. The van der Waals surface area contributed by atoms with E-state index in [4.69, 9.17) is 16.3 Å². The molecule has 116 valence electrons. The molecule has 1 aromatic carbocycles. The van der Waals surface area contributed by atoms with Crippen molar-refractivity contribution in [2.75, 3.05) is 39.2 Å². The second-order valence-electron chi connectivity index (χ2n) is 4.29. The maximum atomic E-state index is 12.1. The molecule has 0 radical (unpaired) electrons. The zero-order valence-corrected chi connectivity index (χ0v) is 12.9. The molecule has 0 unspecified atom stereocenters. The fourth-order valence-electron chi connectivity index (χ4n) is 1.69. The van der Waals surface area contributed by atoms with Gasteiger partial charge in [-0.3, -0.25) is 9.59 Å². The lowest BCUT2D eigenvalue weighted by molar-refractivity contribution is -0.121. The van der Waals surface area contributed by atoms with Crippen LogP contribution in [0.25, 0.3) is 0 Å². The van der Waals surface area contributed by atoms with Gasteiger partial charge < -0.3 is 20.7 Å². The summed E-state index contributed by atoms with van der Waals surface area (Å²) in [4.78, 5) is 23.5. The number of carbonyl (C=O) groups excluding carboxylic acids is 2. The molecule has 3 N–H and O–H groups in total. The average molecular weight is 314 g/mol. The first-order chi connectivity index (χ1) is 10.1. The molecule has 0 saturated carbocycles. The highest BCUT2D eigenvalue weighted by Gasteiger charge is 2.11. The van der Waals surface area contributed by atoms with Crippen molar-refractivity contribution in [1.29, 1.82) is 0 Å². The molecule has 0 aromatic heterocycles. The number of hydrogen-bond donors (Lipinski definition) is 3. The van der Waals surface area contributed by atoms with Crippen LogP contribution in [0.2, 0.25) is 5.02 Å². The Kier molecular flexibility index (Phi) is 7.56. The van der Waals surface area contributed by atoms with E-state index in [0.29, 0.717) is 29.4 Å². The zero-order valence-electron chi connectivity index (χ0n) is 12.2. The molecule has 21 heavy (non-hydrogen) atoms. The standard InChI is InChI=1S/C14H20ClN3O3/c1-16-12-4-3-10(15)9-11(12)14(20)18-6-5-13(19)17-7-8-21-2/h3-4,9,16H,5-8H2,1-2H3,(H,17,19)(H,18,20). The summed E-state index contributed by atoms with van der Waals surface area (Å²) in [6, 6.07) is 5.02. The molecule has 6 nitrogen and oxygen atoms in total. The highest BCUT2D eigenvalue weighted by atomic mass is 35.5. The van der Waals surface area contributed by atoms with Crippen LogP contribution in [-0.2, 0) is 9.53 Å². The minimum atomic E-state index is -0.272. The smallest absolute Gasteiger partial charge is 0.253 e. The first-order valence-corrected chi connectivity index (χ1v) is 6.97.